The van der Waals surface area contributed by atoms with E-state index in [2.05, 4.69) is 10.6 Å². The van der Waals surface area contributed by atoms with E-state index in [1.807, 2.05) is 14.0 Å². The summed E-state index contributed by atoms with van der Waals surface area (Å²) in [7, 11) is 1.86. The molecule has 0 fully saturated rings. The quantitative estimate of drug-likeness (QED) is 0.745. The van der Waals surface area contributed by atoms with Crippen molar-refractivity contribution < 1.29 is 9.18 Å². The van der Waals surface area contributed by atoms with E-state index in [9.17, 15) is 9.18 Å². The first-order valence-corrected chi connectivity index (χ1v) is 6.92. The first kappa shape index (κ1) is 15.0. The Morgan fingerprint density at radius 1 is 1.39 bits per heavy atom. The van der Waals surface area contributed by atoms with Crippen molar-refractivity contribution >= 4 is 17.7 Å². The van der Waals surface area contributed by atoms with Crippen LogP contribution in [0.4, 0.5) is 4.39 Å². The van der Waals surface area contributed by atoms with Crippen molar-refractivity contribution in [3.05, 3.63) is 30.1 Å². The van der Waals surface area contributed by atoms with Gasteiger partial charge in [0.2, 0.25) is 5.91 Å². The fourth-order valence-electron chi connectivity index (χ4n) is 1.25. The van der Waals surface area contributed by atoms with E-state index in [-0.39, 0.29) is 17.8 Å². The topological polar surface area (TPSA) is 41.1 Å². The van der Waals surface area contributed by atoms with Gasteiger partial charge in [-0.15, -0.1) is 11.8 Å². The molecule has 5 heteroatoms. The first-order chi connectivity index (χ1) is 8.61. The van der Waals surface area contributed by atoms with Crippen LogP contribution in [-0.2, 0) is 4.79 Å². The molecule has 1 unspecified atom stereocenters. The molecule has 0 heterocycles. The zero-order valence-electron chi connectivity index (χ0n) is 10.7. The zero-order valence-corrected chi connectivity index (χ0v) is 11.5. The molecule has 18 heavy (non-hydrogen) atoms. The summed E-state index contributed by atoms with van der Waals surface area (Å²) >= 11 is 1.55. The average Bonchev–Trinajstić information content (AvgIpc) is 2.38. The van der Waals surface area contributed by atoms with E-state index in [1.165, 1.54) is 12.1 Å². The molecular weight excluding hydrogens is 251 g/mol. The number of likely N-dealkylation sites (N-methyl/N-ethyl adjacent to an activating group) is 1. The Kier molecular flexibility index (Phi) is 6.75. The van der Waals surface area contributed by atoms with Crippen LogP contribution in [0, 0.1) is 5.82 Å². The van der Waals surface area contributed by atoms with Crippen molar-refractivity contribution in [2.45, 2.75) is 24.3 Å². The largest absolute Gasteiger partial charge is 0.355 e. The summed E-state index contributed by atoms with van der Waals surface area (Å²) in [4.78, 5) is 12.5. The molecule has 1 atom stereocenters. The van der Waals surface area contributed by atoms with Gasteiger partial charge in [0.05, 0.1) is 0 Å². The second-order valence-corrected chi connectivity index (χ2v) is 5.21. The van der Waals surface area contributed by atoms with Crippen LogP contribution in [0.2, 0.25) is 0 Å². The lowest BCUT2D eigenvalue weighted by atomic mass is 10.3. The molecule has 1 rings (SSSR count). The molecule has 0 aromatic heterocycles. The Hall–Kier alpha value is -1.07. The maximum Gasteiger partial charge on any atom is 0.220 e. The normalized spacial score (nSPS) is 12.2. The molecule has 0 saturated heterocycles. The maximum absolute atomic E-state index is 12.7. The highest BCUT2D eigenvalue weighted by Gasteiger charge is 2.04. The van der Waals surface area contributed by atoms with Crippen LogP contribution < -0.4 is 10.6 Å². The third-order valence-electron chi connectivity index (χ3n) is 2.51. The number of carbonyl (C=O) groups is 1. The van der Waals surface area contributed by atoms with Crippen LogP contribution >= 0.6 is 11.8 Å². The van der Waals surface area contributed by atoms with Crippen molar-refractivity contribution in [2.24, 2.45) is 0 Å². The maximum atomic E-state index is 12.7. The average molecular weight is 270 g/mol. The van der Waals surface area contributed by atoms with E-state index in [0.29, 0.717) is 18.7 Å². The standard InChI is InChI=1S/C13H19FN2OS/c1-10(15-2)9-16-13(17)7-8-18-12-5-3-11(14)4-6-12/h3-6,10,15H,7-9H2,1-2H3,(H,16,17). The van der Waals surface area contributed by atoms with Crippen LogP contribution in [-0.4, -0.2) is 31.3 Å². The minimum absolute atomic E-state index is 0.0479. The van der Waals surface area contributed by atoms with Gasteiger partial charge in [-0.25, -0.2) is 4.39 Å². The van der Waals surface area contributed by atoms with Gasteiger partial charge in [-0.1, -0.05) is 0 Å². The monoisotopic (exact) mass is 270 g/mol. The predicted molar refractivity (Wildman–Crippen MR) is 73.3 cm³/mol. The summed E-state index contributed by atoms with van der Waals surface area (Å²) in [6.45, 7) is 2.64. The molecule has 100 valence electrons. The van der Waals surface area contributed by atoms with Gasteiger partial charge in [0.25, 0.3) is 0 Å². The van der Waals surface area contributed by atoms with Crippen molar-refractivity contribution in [3.8, 4) is 0 Å². The molecule has 0 saturated carbocycles. The van der Waals surface area contributed by atoms with E-state index in [1.54, 1.807) is 23.9 Å². The molecule has 0 spiro atoms. The lowest BCUT2D eigenvalue weighted by Gasteiger charge is -2.11. The number of rotatable bonds is 7. The van der Waals surface area contributed by atoms with E-state index >= 15 is 0 Å². The second kappa shape index (κ2) is 8.11. The summed E-state index contributed by atoms with van der Waals surface area (Å²) in [6.07, 6.45) is 0.471. The van der Waals surface area contributed by atoms with Crippen LogP contribution in [0.3, 0.4) is 0 Å². The number of nitrogens with one attached hydrogen (secondary N) is 2. The highest BCUT2D eigenvalue weighted by atomic mass is 32.2. The molecule has 0 aliphatic carbocycles. The number of hydrogen-bond acceptors (Lipinski definition) is 3. The van der Waals surface area contributed by atoms with E-state index in [4.69, 9.17) is 0 Å². The first-order valence-electron chi connectivity index (χ1n) is 5.94. The SMILES string of the molecule is CNC(C)CNC(=O)CCSc1ccc(F)cc1. The lowest BCUT2D eigenvalue weighted by molar-refractivity contribution is -0.120. The predicted octanol–water partition coefficient (Wildman–Crippen LogP) is 2.03. The van der Waals surface area contributed by atoms with E-state index in [0.717, 1.165) is 4.90 Å². The van der Waals surface area contributed by atoms with Gasteiger partial charge in [-0.2, -0.15) is 0 Å². The van der Waals surface area contributed by atoms with Crippen LogP contribution in [0.15, 0.2) is 29.2 Å². The van der Waals surface area contributed by atoms with Gasteiger partial charge in [0, 0.05) is 29.7 Å². The van der Waals surface area contributed by atoms with Gasteiger partial charge in [0.1, 0.15) is 5.82 Å². The molecule has 0 radical (unpaired) electrons. The summed E-state index contributed by atoms with van der Waals surface area (Å²) in [5.41, 5.74) is 0. The summed E-state index contributed by atoms with van der Waals surface area (Å²) in [5, 5.41) is 5.91. The van der Waals surface area contributed by atoms with Crippen molar-refractivity contribution in [3.63, 3.8) is 0 Å². The Morgan fingerprint density at radius 3 is 2.67 bits per heavy atom. The molecule has 2 N–H and O–H groups in total. The van der Waals surface area contributed by atoms with Gasteiger partial charge in [0.15, 0.2) is 0 Å². The van der Waals surface area contributed by atoms with E-state index < -0.39 is 0 Å². The molecule has 1 aromatic rings. The van der Waals surface area contributed by atoms with Gasteiger partial charge < -0.3 is 10.6 Å². The zero-order chi connectivity index (χ0) is 13.4. The summed E-state index contributed by atoms with van der Waals surface area (Å²) in [5.74, 6) is 0.510. The number of benzene rings is 1. The second-order valence-electron chi connectivity index (χ2n) is 4.05. The minimum Gasteiger partial charge on any atom is -0.355 e. The molecule has 0 aliphatic rings. The highest BCUT2D eigenvalue weighted by molar-refractivity contribution is 7.99. The fraction of sp³-hybridized carbons (Fsp3) is 0.462. The summed E-state index contributed by atoms with van der Waals surface area (Å²) in [6, 6.07) is 6.58. The number of halogens is 1. The summed E-state index contributed by atoms with van der Waals surface area (Å²) < 4.78 is 12.7. The van der Waals surface area contributed by atoms with Crippen LogP contribution in [0.1, 0.15) is 13.3 Å². The van der Waals surface area contributed by atoms with Crippen molar-refractivity contribution in [2.75, 3.05) is 19.3 Å². The van der Waals surface area contributed by atoms with Crippen molar-refractivity contribution in [1.29, 1.82) is 0 Å². The minimum atomic E-state index is -0.238. The Bertz CT molecular complexity index is 370. The van der Waals surface area contributed by atoms with Crippen LogP contribution in [0.25, 0.3) is 0 Å². The Labute approximate surface area is 112 Å². The molecule has 1 aromatic carbocycles. The number of hydrogen-bond donors (Lipinski definition) is 2. The molecule has 3 nitrogen and oxygen atoms in total. The van der Waals surface area contributed by atoms with Gasteiger partial charge in [-0.3, -0.25) is 4.79 Å². The van der Waals surface area contributed by atoms with Gasteiger partial charge in [-0.05, 0) is 38.2 Å². The fourth-order valence-corrected chi connectivity index (χ4v) is 2.10. The number of carbonyl (C=O) groups excluding carboxylic acids is 1. The smallest absolute Gasteiger partial charge is 0.220 e. The molecule has 0 aliphatic heterocycles. The molecular formula is C13H19FN2OS. The molecule has 1 amide bonds. The third kappa shape index (κ3) is 6.02. The lowest BCUT2D eigenvalue weighted by Crippen LogP contribution is -2.37. The highest BCUT2D eigenvalue weighted by Crippen LogP contribution is 2.18. The number of amides is 1. The van der Waals surface area contributed by atoms with Crippen molar-refractivity contribution in [1.82, 2.24) is 10.6 Å². The number of thioether (sulfide) groups is 1. The van der Waals surface area contributed by atoms with Crippen LogP contribution in [0.5, 0.6) is 0 Å². The molecule has 0 bridgehead atoms. The third-order valence-corrected chi connectivity index (χ3v) is 3.52. The Balaban J connectivity index is 2.17. The Morgan fingerprint density at radius 2 is 2.06 bits per heavy atom. The van der Waals surface area contributed by atoms with Gasteiger partial charge >= 0.3 is 0 Å².